The Kier molecular flexibility index (Phi) is 7.99. The zero-order valence-corrected chi connectivity index (χ0v) is 22.8. The summed E-state index contributed by atoms with van der Waals surface area (Å²) in [5.74, 6) is 0.421. The molecule has 0 saturated heterocycles. The standard InChI is InChI=1S/C25H19BrFIN4O4/c1-14-30-21-8-3-16(26)11-19(21)25(34)32(14)29-12-15-9-20(28)24(22(10-15)35-2)36-13-23(33)31-18-6-4-17(27)5-7-18/h3-12H,13H2,1-2H3,(H,31,33). The second kappa shape index (κ2) is 11.2. The van der Waals surface area contributed by atoms with E-state index in [1.807, 2.05) is 6.07 Å². The van der Waals surface area contributed by atoms with Crippen LogP contribution < -0.4 is 20.3 Å². The molecule has 0 bridgehead atoms. The van der Waals surface area contributed by atoms with E-state index in [0.717, 1.165) is 4.47 Å². The van der Waals surface area contributed by atoms with Crippen LogP contribution in [0.15, 0.2) is 69.0 Å². The van der Waals surface area contributed by atoms with Crippen LogP contribution >= 0.6 is 38.5 Å². The summed E-state index contributed by atoms with van der Waals surface area (Å²) in [5, 5.41) is 7.42. The van der Waals surface area contributed by atoms with E-state index in [1.165, 1.54) is 42.3 Å². The topological polar surface area (TPSA) is 94.8 Å². The third-order valence-electron chi connectivity index (χ3n) is 5.02. The van der Waals surface area contributed by atoms with Gasteiger partial charge in [-0.05, 0) is 89.7 Å². The first-order chi connectivity index (χ1) is 17.2. The fraction of sp³-hybridized carbons (Fsp3) is 0.120. The van der Waals surface area contributed by atoms with Gasteiger partial charge in [0.15, 0.2) is 18.1 Å². The first kappa shape index (κ1) is 25.8. The third kappa shape index (κ3) is 5.90. The Labute approximate surface area is 227 Å². The Morgan fingerprint density at radius 1 is 1.22 bits per heavy atom. The highest BCUT2D eigenvalue weighted by molar-refractivity contribution is 14.1. The molecule has 0 aliphatic rings. The normalized spacial score (nSPS) is 11.1. The summed E-state index contributed by atoms with van der Waals surface area (Å²) in [7, 11) is 1.48. The third-order valence-corrected chi connectivity index (χ3v) is 6.31. The number of halogens is 3. The van der Waals surface area contributed by atoms with Crippen molar-refractivity contribution >= 4 is 67.2 Å². The van der Waals surface area contributed by atoms with E-state index >= 15 is 0 Å². The molecule has 4 rings (SSSR count). The van der Waals surface area contributed by atoms with Gasteiger partial charge in [0.05, 0.1) is 27.8 Å². The van der Waals surface area contributed by atoms with Crippen molar-refractivity contribution in [1.29, 1.82) is 0 Å². The number of hydrogen-bond acceptors (Lipinski definition) is 6. The van der Waals surface area contributed by atoms with Crippen LogP contribution in [0.1, 0.15) is 11.4 Å². The molecule has 1 heterocycles. The summed E-state index contributed by atoms with van der Waals surface area (Å²) in [6, 6.07) is 14.2. The molecule has 1 aromatic heterocycles. The number of benzene rings is 3. The molecule has 0 spiro atoms. The number of nitrogens with zero attached hydrogens (tertiary/aromatic N) is 3. The van der Waals surface area contributed by atoms with E-state index in [2.05, 4.69) is 53.9 Å². The number of carbonyl (C=O) groups is 1. The summed E-state index contributed by atoms with van der Waals surface area (Å²) in [6.45, 7) is 1.43. The SMILES string of the molecule is COc1cc(C=Nn2c(C)nc3ccc(Br)cc3c2=O)cc(I)c1OCC(=O)Nc1ccc(F)cc1. The Hall–Kier alpha value is -3.32. The zero-order chi connectivity index (χ0) is 25.8. The lowest BCUT2D eigenvalue weighted by atomic mass is 10.2. The van der Waals surface area contributed by atoms with Crippen LogP contribution in [0.2, 0.25) is 0 Å². The van der Waals surface area contributed by atoms with E-state index in [1.54, 1.807) is 31.2 Å². The van der Waals surface area contributed by atoms with Gasteiger partial charge in [-0.3, -0.25) is 9.59 Å². The number of ether oxygens (including phenoxy) is 2. The predicted molar refractivity (Wildman–Crippen MR) is 148 cm³/mol. The van der Waals surface area contributed by atoms with Crippen LogP contribution in [0.4, 0.5) is 10.1 Å². The summed E-state index contributed by atoms with van der Waals surface area (Å²) in [6.07, 6.45) is 1.52. The minimum atomic E-state index is -0.407. The van der Waals surface area contributed by atoms with E-state index in [0.29, 0.717) is 43.0 Å². The van der Waals surface area contributed by atoms with Crippen LogP contribution in [0.3, 0.4) is 0 Å². The van der Waals surface area contributed by atoms with Crippen molar-refractivity contribution in [2.45, 2.75) is 6.92 Å². The maximum absolute atomic E-state index is 13.0. The first-order valence-electron chi connectivity index (χ1n) is 10.5. The van der Waals surface area contributed by atoms with Crippen LogP contribution in [0.25, 0.3) is 10.9 Å². The number of nitrogens with one attached hydrogen (secondary N) is 1. The molecular weight excluding hydrogens is 646 g/mol. The number of fused-ring (bicyclic) bond motifs is 1. The van der Waals surface area contributed by atoms with Crippen molar-refractivity contribution < 1.29 is 18.7 Å². The molecule has 0 radical (unpaired) electrons. The van der Waals surface area contributed by atoms with E-state index in [9.17, 15) is 14.0 Å². The molecule has 0 atom stereocenters. The van der Waals surface area contributed by atoms with Crippen molar-refractivity contribution in [3.05, 3.63) is 90.2 Å². The average Bonchev–Trinajstić information content (AvgIpc) is 2.85. The quantitative estimate of drug-likeness (QED) is 0.219. The summed E-state index contributed by atoms with van der Waals surface area (Å²) in [5.41, 5.74) is 1.41. The fourth-order valence-corrected chi connectivity index (χ4v) is 4.48. The van der Waals surface area contributed by atoms with Gasteiger partial charge in [0.25, 0.3) is 11.5 Å². The number of hydrogen-bond donors (Lipinski definition) is 1. The van der Waals surface area contributed by atoms with Gasteiger partial charge in [0, 0.05) is 10.2 Å². The van der Waals surface area contributed by atoms with Gasteiger partial charge in [-0.2, -0.15) is 9.78 Å². The highest BCUT2D eigenvalue weighted by atomic mass is 127. The molecule has 0 aliphatic carbocycles. The minimum Gasteiger partial charge on any atom is -0.493 e. The number of aryl methyl sites for hydroxylation is 1. The van der Waals surface area contributed by atoms with Crippen molar-refractivity contribution in [3.8, 4) is 11.5 Å². The van der Waals surface area contributed by atoms with Gasteiger partial charge in [0.1, 0.15) is 11.6 Å². The highest BCUT2D eigenvalue weighted by Gasteiger charge is 2.14. The highest BCUT2D eigenvalue weighted by Crippen LogP contribution is 2.33. The second-order valence-electron chi connectivity index (χ2n) is 7.56. The molecule has 0 aliphatic heterocycles. The van der Waals surface area contributed by atoms with E-state index in [-0.39, 0.29) is 12.2 Å². The first-order valence-corrected chi connectivity index (χ1v) is 12.4. The zero-order valence-electron chi connectivity index (χ0n) is 19.1. The molecular formula is C25H19BrFIN4O4. The molecule has 0 fully saturated rings. The predicted octanol–water partition coefficient (Wildman–Crippen LogP) is 5.12. The van der Waals surface area contributed by atoms with Gasteiger partial charge >= 0.3 is 0 Å². The number of aromatic nitrogens is 2. The molecule has 184 valence electrons. The summed E-state index contributed by atoms with van der Waals surface area (Å²) >= 11 is 5.44. The summed E-state index contributed by atoms with van der Waals surface area (Å²) in [4.78, 5) is 29.7. The molecule has 8 nitrogen and oxygen atoms in total. The van der Waals surface area contributed by atoms with Crippen LogP contribution in [0.5, 0.6) is 11.5 Å². The maximum atomic E-state index is 13.0. The molecule has 11 heteroatoms. The monoisotopic (exact) mass is 664 g/mol. The molecule has 36 heavy (non-hydrogen) atoms. The van der Waals surface area contributed by atoms with E-state index in [4.69, 9.17) is 9.47 Å². The molecule has 0 saturated carbocycles. The largest absolute Gasteiger partial charge is 0.493 e. The lowest BCUT2D eigenvalue weighted by Crippen LogP contribution is -2.21. The van der Waals surface area contributed by atoms with Crippen molar-refractivity contribution in [2.75, 3.05) is 19.0 Å². The van der Waals surface area contributed by atoms with Crippen molar-refractivity contribution in [3.63, 3.8) is 0 Å². The smallest absolute Gasteiger partial charge is 0.282 e. The van der Waals surface area contributed by atoms with Crippen molar-refractivity contribution in [2.24, 2.45) is 5.10 Å². The van der Waals surface area contributed by atoms with Crippen LogP contribution in [-0.2, 0) is 4.79 Å². The Morgan fingerprint density at radius 3 is 2.69 bits per heavy atom. The van der Waals surface area contributed by atoms with Crippen LogP contribution in [0, 0.1) is 16.3 Å². The number of methoxy groups -OCH3 is 1. The lowest BCUT2D eigenvalue weighted by Gasteiger charge is -2.13. The number of amides is 1. The molecule has 3 aromatic carbocycles. The Bertz CT molecular complexity index is 1540. The van der Waals surface area contributed by atoms with Crippen molar-refractivity contribution in [1.82, 2.24) is 9.66 Å². The maximum Gasteiger partial charge on any atom is 0.282 e. The number of carbonyl (C=O) groups excluding carboxylic acids is 1. The minimum absolute atomic E-state index is 0.274. The number of anilines is 1. The molecule has 1 amide bonds. The van der Waals surface area contributed by atoms with Crippen LogP contribution in [-0.4, -0.2) is 35.5 Å². The van der Waals surface area contributed by atoms with Gasteiger partial charge in [-0.15, -0.1) is 0 Å². The summed E-state index contributed by atoms with van der Waals surface area (Å²) < 4.78 is 26.9. The molecule has 0 unspecified atom stereocenters. The van der Waals surface area contributed by atoms with Gasteiger partial charge < -0.3 is 14.8 Å². The van der Waals surface area contributed by atoms with Gasteiger partial charge in [-0.1, -0.05) is 15.9 Å². The van der Waals surface area contributed by atoms with Gasteiger partial charge in [0.2, 0.25) is 0 Å². The Morgan fingerprint density at radius 2 is 1.97 bits per heavy atom. The fourth-order valence-electron chi connectivity index (χ4n) is 3.34. The lowest BCUT2D eigenvalue weighted by molar-refractivity contribution is -0.118. The molecule has 1 N–H and O–H groups in total. The second-order valence-corrected chi connectivity index (χ2v) is 9.64. The van der Waals surface area contributed by atoms with E-state index < -0.39 is 11.7 Å². The average molecular weight is 665 g/mol. The number of rotatable bonds is 7. The van der Waals surface area contributed by atoms with Gasteiger partial charge in [-0.25, -0.2) is 9.37 Å². The Balaban J connectivity index is 1.54. The molecule has 4 aromatic rings.